The highest BCUT2D eigenvalue weighted by Gasteiger charge is 2.41. The van der Waals surface area contributed by atoms with Crippen molar-refractivity contribution in [2.24, 2.45) is 11.8 Å². The maximum atomic E-state index is 6.23. The molecule has 2 aliphatic rings. The fraction of sp³-hybridized carbons (Fsp3) is 0.625. The number of hydrogen-bond acceptors (Lipinski definition) is 3. The van der Waals surface area contributed by atoms with Gasteiger partial charge in [0.05, 0.1) is 18.0 Å². The van der Waals surface area contributed by atoms with Crippen LogP contribution in [0.4, 0.5) is 11.4 Å². The second-order valence-electron chi connectivity index (χ2n) is 5.91. The number of anilines is 2. The van der Waals surface area contributed by atoms with Gasteiger partial charge in [-0.1, -0.05) is 13.0 Å². The zero-order valence-electron chi connectivity index (χ0n) is 11.7. The smallest absolute Gasteiger partial charge is 0.144 e. The van der Waals surface area contributed by atoms with E-state index < -0.39 is 0 Å². The fourth-order valence-corrected chi connectivity index (χ4v) is 2.72. The van der Waals surface area contributed by atoms with Crippen LogP contribution in [0, 0.1) is 11.8 Å². The summed E-state index contributed by atoms with van der Waals surface area (Å²) >= 11 is 0. The van der Waals surface area contributed by atoms with Crippen LogP contribution in [0.3, 0.4) is 0 Å². The average molecular weight is 260 g/mol. The summed E-state index contributed by atoms with van der Waals surface area (Å²) in [6.07, 6.45) is 6.50. The number of nitrogens with one attached hydrogen (secondary N) is 1. The molecule has 2 fully saturated rings. The average Bonchev–Trinajstić information content (AvgIpc) is 3.29. The molecule has 19 heavy (non-hydrogen) atoms. The molecule has 3 nitrogen and oxygen atoms in total. The Hall–Kier alpha value is -1.38. The van der Waals surface area contributed by atoms with E-state index in [4.69, 9.17) is 10.5 Å². The minimum Gasteiger partial charge on any atom is -0.491 e. The van der Waals surface area contributed by atoms with E-state index in [1.54, 1.807) is 0 Å². The summed E-state index contributed by atoms with van der Waals surface area (Å²) in [6, 6.07) is 6.69. The molecule has 2 aliphatic carbocycles. The van der Waals surface area contributed by atoms with E-state index in [1.165, 1.54) is 25.7 Å². The maximum Gasteiger partial charge on any atom is 0.144 e. The number of benzene rings is 1. The zero-order chi connectivity index (χ0) is 13.2. The lowest BCUT2D eigenvalue weighted by Gasteiger charge is -2.21. The second kappa shape index (κ2) is 5.32. The Morgan fingerprint density at radius 2 is 1.95 bits per heavy atom. The molecule has 104 valence electrons. The van der Waals surface area contributed by atoms with Gasteiger partial charge < -0.3 is 15.8 Å². The molecule has 1 aromatic rings. The lowest BCUT2D eigenvalue weighted by Crippen LogP contribution is -2.24. The molecule has 2 saturated carbocycles. The van der Waals surface area contributed by atoms with Gasteiger partial charge in [0.25, 0.3) is 0 Å². The number of nitrogen functional groups attached to an aromatic ring is 1. The highest BCUT2D eigenvalue weighted by atomic mass is 16.5. The van der Waals surface area contributed by atoms with Crippen LogP contribution in [0.2, 0.25) is 0 Å². The van der Waals surface area contributed by atoms with Gasteiger partial charge in [0.2, 0.25) is 0 Å². The van der Waals surface area contributed by atoms with E-state index in [1.807, 2.05) is 12.1 Å². The fourth-order valence-electron chi connectivity index (χ4n) is 2.72. The quantitative estimate of drug-likeness (QED) is 0.735. The number of ether oxygens (including phenoxy) is 1. The molecular weight excluding hydrogens is 236 g/mol. The highest BCUT2D eigenvalue weighted by Crippen LogP contribution is 2.46. The Balaban J connectivity index is 1.72. The van der Waals surface area contributed by atoms with Crippen LogP contribution in [-0.2, 0) is 0 Å². The zero-order valence-corrected chi connectivity index (χ0v) is 11.7. The molecule has 1 aromatic carbocycles. The SMILES string of the molecule is CCCOc1cccc(NC(C2CC2)C2CC2)c1N. The topological polar surface area (TPSA) is 47.3 Å². The van der Waals surface area contributed by atoms with Gasteiger partial charge in [0, 0.05) is 6.04 Å². The Labute approximate surface area is 115 Å². The Kier molecular flexibility index (Phi) is 3.54. The molecule has 3 rings (SSSR count). The number of para-hydroxylation sites is 1. The van der Waals surface area contributed by atoms with Crippen molar-refractivity contribution in [1.29, 1.82) is 0 Å². The van der Waals surface area contributed by atoms with Crippen molar-refractivity contribution in [3.8, 4) is 5.75 Å². The van der Waals surface area contributed by atoms with Crippen molar-refractivity contribution in [2.45, 2.75) is 45.1 Å². The molecule has 0 aromatic heterocycles. The second-order valence-corrected chi connectivity index (χ2v) is 5.91. The maximum absolute atomic E-state index is 6.23. The molecule has 0 aliphatic heterocycles. The lowest BCUT2D eigenvalue weighted by molar-refractivity contribution is 0.319. The molecular formula is C16H24N2O. The molecule has 0 amide bonds. The van der Waals surface area contributed by atoms with E-state index in [-0.39, 0.29) is 0 Å². The van der Waals surface area contributed by atoms with E-state index in [0.717, 1.165) is 42.0 Å². The Morgan fingerprint density at radius 3 is 2.53 bits per heavy atom. The first-order valence-corrected chi connectivity index (χ1v) is 7.57. The molecule has 0 bridgehead atoms. The standard InChI is InChI=1S/C16H24N2O/c1-2-10-19-14-5-3-4-13(15(14)17)18-16(11-6-7-11)12-8-9-12/h3-5,11-12,16,18H,2,6-10,17H2,1H3. The van der Waals surface area contributed by atoms with Crippen LogP contribution in [0.15, 0.2) is 18.2 Å². The molecule has 0 radical (unpaired) electrons. The number of hydrogen-bond donors (Lipinski definition) is 2. The minimum atomic E-state index is 0.628. The van der Waals surface area contributed by atoms with Crippen molar-refractivity contribution in [3.05, 3.63) is 18.2 Å². The van der Waals surface area contributed by atoms with Crippen molar-refractivity contribution < 1.29 is 4.74 Å². The van der Waals surface area contributed by atoms with Crippen molar-refractivity contribution in [2.75, 3.05) is 17.7 Å². The number of nitrogens with two attached hydrogens (primary N) is 1. The van der Waals surface area contributed by atoms with Crippen LogP contribution >= 0.6 is 0 Å². The van der Waals surface area contributed by atoms with Gasteiger partial charge in [0.15, 0.2) is 0 Å². The van der Waals surface area contributed by atoms with Gasteiger partial charge in [-0.3, -0.25) is 0 Å². The van der Waals surface area contributed by atoms with Gasteiger partial charge in [-0.2, -0.15) is 0 Å². The largest absolute Gasteiger partial charge is 0.491 e. The molecule has 0 atom stereocenters. The van der Waals surface area contributed by atoms with Crippen molar-refractivity contribution >= 4 is 11.4 Å². The monoisotopic (exact) mass is 260 g/mol. The summed E-state index contributed by atoms with van der Waals surface area (Å²) in [5.41, 5.74) is 8.05. The van der Waals surface area contributed by atoms with Gasteiger partial charge >= 0.3 is 0 Å². The van der Waals surface area contributed by atoms with Crippen molar-refractivity contribution in [3.63, 3.8) is 0 Å². The first-order chi connectivity index (χ1) is 9.29. The Morgan fingerprint density at radius 1 is 1.26 bits per heavy atom. The third kappa shape index (κ3) is 2.96. The van der Waals surface area contributed by atoms with Crippen LogP contribution in [0.25, 0.3) is 0 Å². The summed E-state index contributed by atoms with van der Waals surface area (Å²) in [5, 5.41) is 3.68. The van der Waals surface area contributed by atoms with E-state index in [0.29, 0.717) is 6.04 Å². The first-order valence-electron chi connectivity index (χ1n) is 7.57. The summed E-state index contributed by atoms with van der Waals surface area (Å²) in [6.45, 7) is 2.83. The van der Waals surface area contributed by atoms with Gasteiger partial charge in [-0.15, -0.1) is 0 Å². The van der Waals surface area contributed by atoms with E-state index in [9.17, 15) is 0 Å². The highest BCUT2D eigenvalue weighted by molar-refractivity contribution is 5.73. The normalized spacial score (nSPS) is 18.6. The molecule has 0 unspecified atom stereocenters. The van der Waals surface area contributed by atoms with Crippen LogP contribution < -0.4 is 15.8 Å². The van der Waals surface area contributed by atoms with E-state index >= 15 is 0 Å². The van der Waals surface area contributed by atoms with Crippen molar-refractivity contribution in [1.82, 2.24) is 0 Å². The molecule has 0 heterocycles. The van der Waals surface area contributed by atoms with Crippen LogP contribution in [-0.4, -0.2) is 12.6 Å². The summed E-state index contributed by atoms with van der Waals surface area (Å²) in [5.74, 6) is 2.55. The Bertz CT molecular complexity index is 426. The summed E-state index contributed by atoms with van der Waals surface area (Å²) < 4.78 is 5.70. The molecule has 0 spiro atoms. The lowest BCUT2D eigenvalue weighted by atomic mass is 10.1. The van der Waals surface area contributed by atoms with Gasteiger partial charge in [-0.25, -0.2) is 0 Å². The van der Waals surface area contributed by atoms with E-state index in [2.05, 4.69) is 18.3 Å². The van der Waals surface area contributed by atoms with Gasteiger partial charge in [-0.05, 0) is 56.1 Å². The van der Waals surface area contributed by atoms with Gasteiger partial charge in [0.1, 0.15) is 5.75 Å². The molecule has 3 N–H and O–H groups in total. The molecule has 0 saturated heterocycles. The predicted octanol–water partition coefficient (Wildman–Crippen LogP) is 3.66. The summed E-state index contributed by atoms with van der Waals surface area (Å²) in [4.78, 5) is 0. The minimum absolute atomic E-state index is 0.628. The van der Waals surface area contributed by atoms with Crippen LogP contribution in [0.5, 0.6) is 5.75 Å². The third-order valence-electron chi connectivity index (χ3n) is 4.11. The summed E-state index contributed by atoms with van der Waals surface area (Å²) in [7, 11) is 0. The van der Waals surface area contributed by atoms with Crippen LogP contribution in [0.1, 0.15) is 39.0 Å². The predicted molar refractivity (Wildman–Crippen MR) is 79.5 cm³/mol. The molecule has 3 heteroatoms. The third-order valence-corrected chi connectivity index (χ3v) is 4.11. The first kappa shape index (κ1) is 12.6. The number of rotatable bonds is 7.